The van der Waals surface area contributed by atoms with Crippen molar-refractivity contribution in [3.8, 4) is 17.2 Å². The van der Waals surface area contributed by atoms with E-state index in [4.69, 9.17) is 18.9 Å². The molecular weight excluding hydrogens is 252 g/mol. The van der Waals surface area contributed by atoms with Crippen molar-refractivity contribution in [1.82, 2.24) is 0 Å². The molecule has 6 nitrogen and oxygen atoms in total. The predicted molar refractivity (Wildman–Crippen MR) is 67.1 cm³/mol. The van der Waals surface area contributed by atoms with Gasteiger partial charge in [-0.15, -0.1) is 0 Å². The van der Waals surface area contributed by atoms with Crippen molar-refractivity contribution < 1.29 is 28.5 Å². The Hall–Kier alpha value is -2.24. The van der Waals surface area contributed by atoms with Gasteiger partial charge >= 0.3 is 5.97 Å². The second-order valence-electron chi connectivity index (χ2n) is 3.56. The zero-order valence-electron chi connectivity index (χ0n) is 11.1. The highest BCUT2D eigenvalue weighted by Crippen LogP contribution is 2.38. The molecule has 0 bridgehead atoms. The van der Waals surface area contributed by atoms with Gasteiger partial charge in [0.1, 0.15) is 19.5 Å². The zero-order chi connectivity index (χ0) is 14.3. The molecule has 0 aromatic heterocycles. The molecule has 0 fully saturated rings. The average molecular weight is 268 g/mol. The van der Waals surface area contributed by atoms with Gasteiger partial charge in [0.15, 0.2) is 11.5 Å². The second-order valence-corrected chi connectivity index (χ2v) is 3.56. The first-order valence-electron chi connectivity index (χ1n) is 5.59. The number of carbonyl (C=O) groups excluding carboxylic acids is 2. The summed E-state index contributed by atoms with van der Waals surface area (Å²) in [7, 11) is 2.92. The number of methoxy groups -OCH3 is 2. The summed E-state index contributed by atoms with van der Waals surface area (Å²) in [5.74, 6) is 0.745. The van der Waals surface area contributed by atoms with Gasteiger partial charge in [0, 0.05) is 12.5 Å². The first-order chi connectivity index (χ1) is 9.12. The van der Waals surface area contributed by atoms with E-state index in [1.807, 2.05) is 0 Å². The highest BCUT2D eigenvalue weighted by atomic mass is 16.6. The van der Waals surface area contributed by atoms with Gasteiger partial charge < -0.3 is 18.9 Å². The molecule has 0 N–H and O–H groups in total. The van der Waals surface area contributed by atoms with Crippen LogP contribution in [-0.2, 0) is 9.53 Å². The normalized spacial score (nSPS) is 9.63. The molecule has 1 rings (SSSR count). The summed E-state index contributed by atoms with van der Waals surface area (Å²) in [6.45, 7) is 1.60. The Balaban J connectivity index is 2.85. The molecular formula is C13H16O6. The van der Waals surface area contributed by atoms with E-state index in [1.54, 1.807) is 0 Å². The van der Waals surface area contributed by atoms with Crippen molar-refractivity contribution in [2.75, 3.05) is 27.4 Å². The number of rotatable bonds is 7. The third-order valence-electron chi connectivity index (χ3n) is 2.25. The van der Waals surface area contributed by atoms with Crippen molar-refractivity contribution in [3.63, 3.8) is 0 Å². The van der Waals surface area contributed by atoms with Crippen LogP contribution < -0.4 is 14.2 Å². The van der Waals surface area contributed by atoms with Gasteiger partial charge in [-0.1, -0.05) is 0 Å². The lowest BCUT2D eigenvalue weighted by atomic mass is 10.2. The van der Waals surface area contributed by atoms with Crippen LogP contribution >= 0.6 is 0 Å². The summed E-state index contributed by atoms with van der Waals surface area (Å²) in [6.07, 6.45) is 0.688. The zero-order valence-corrected chi connectivity index (χ0v) is 11.1. The molecule has 0 radical (unpaired) electrons. The lowest BCUT2D eigenvalue weighted by Crippen LogP contribution is -2.10. The highest BCUT2D eigenvalue weighted by Gasteiger charge is 2.14. The monoisotopic (exact) mass is 268 g/mol. The molecule has 104 valence electrons. The van der Waals surface area contributed by atoms with Gasteiger partial charge in [-0.25, -0.2) is 0 Å². The maximum absolute atomic E-state index is 10.8. The van der Waals surface area contributed by atoms with Crippen LogP contribution in [0.5, 0.6) is 17.2 Å². The first kappa shape index (κ1) is 14.8. The van der Waals surface area contributed by atoms with Crippen molar-refractivity contribution >= 4 is 12.3 Å². The highest BCUT2D eigenvalue weighted by molar-refractivity contribution is 5.78. The standard InChI is InChI=1S/C13H16O6/c1-9(15)18-4-5-19-13-11(16-2)6-10(8-14)7-12(13)17-3/h6-8H,4-5H2,1-3H3. The lowest BCUT2D eigenvalue weighted by molar-refractivity contribution is -0.141. The molecule has 1 aromatic rings. The van der Waals surface area contributed by atoms with Gasteiger partial charge in [0.05, 0.1) is 14.2 Å². The fraction of sp³-hybridized carbons (Fsp3) is 0.385. The summed E-state index contributed by atoms with van der Waals surface area (Å²) in [5.41, 5.74) is 0.418. The topological polar surface area (TPSA) is 71.1 Å². The minimum atomic E-state index is -0.376. The van der Waals surface area contributed by atoms with E-state index in [-0.39, 0.29) is 19.2 Å². The minimum absolute atomic E-state index is 0.122. The Kier molecular flexibility index (Phi) is 5.66. The van der Waals surface area contributed by atoms with Crippen LogP contribution in [0.15, 0.2) is 12.1 Å². The Morgan fingerprint density at radius 1 is 1.16 bits per heavy atom. The molecule has 0 unspecified atom stereocenters. The van der Waals surface area contributed by atoms with Crippen LogP contribution in [0.25, 0.3) is 0 Å². The maximum atomic E-state index is 10.8. The molecule has 6 heteroatoms. The van der Waals surface area contributed by atoms with Gasteiger partial charge in [-0.2, -0.15) is 0 Å². The molecule has 0 amide bonds. The van der Waals surface area contributed by atoms with Crippen molar-refractivity contribution in [3.05, 3.63) is 17.7 Å². The molecule has 0 atom stereocenters. The third-order valence-corrected chi connectivity index (χ3v) is 2.25. The Labute approximate surface area is 111 Å². The van der Waals surface area contributed by atoms with Crippen LogP contribution in [0.4, 0.5) is 0 Å². The molecule has 0 aliphatic heterocycles. The largest absolute Gasteiger partial charge is 0.493 e. The number of ether oxygens (including phenoxy) is 4. The summed E-state index contributed by atoms with van der Waals surface area (Å²) in [4.78, 5) is 21.4. The number of hydrogen-bond acceptors (Lipinski definition) is 6. The molecule has 0 spiro atoms. The molecule has 0 saturated heterocycles. The first-order valence-corrected chi connectivity index (χ1v) is 5.59. The lowest BCUT2D eigenvalue weighted by Gasteiger charge is -2.14. The number of benzene rings is 1. The third kappa shape index (κ3) is 4.17. The van der Waals surface area contributed by atoms with Crippen LogP contribution in [-0.4, -0.2) is 39.7 Å². The quantitative estimate of drug-likeness (QED) is 0.423. The SMILES string of the molecule is COc1cc(C=O)cc(OC)c1OCCOC(C)=O. The summed E-state index contributed by atoms with van der Waals surface area (Å²) < 4.78 is 20.5. The molecule has 19 heavy (non-hydrogen) atoms. The predicted octanol–water partition coefficient (Wildman–Crippen LogP) is 1.46. The summed E-state index contributed by atoms with van der Waals surface area (Å²) >= 11 is 0. The van der Waals surface area contributed by atoms with E-state index in [2.05, 4.69) is 0 Å². The fourth-order valence-corrected chi connectivity index (χ4v) is 1.44. The summed E-state index contributed by atoms with van der Waals surface area (Å²) in [5, 5.41) is 0. The number of esters is 1. The van der Waals surface area contributed by atoms with Crippen molar-refractivity contribution in [2.24, 2.45) is 0 Å². The van der Waals surface area contributed by atoms with E-state index in [9.17, 15) is 9.59 Å². The Bertz CT molecular complexity index is 429. The van der Waals surface area contributed by atoms with Crippen molar-refractivity contribution in [1.29, 1.82) is 0 Å². The minimum Gasteiger partial charge on any atom is -0.493 e. The maximum Gasteiger partial charge on any atom is 0.302 e. The molecule has 0 aliphatic rings. The smallest absolute Gasteiger partial charge is 0.302 e. The Morgan fingerprint density at radius 2 is 1.74 bits per heavy atom. The average Bonchev–Trinajstić information content (AvgIpc) is 2.42. The van der Waals surface area contributed by atoms with Gasteiger partial charge in [-0.05, 0) is 12.1 Å². The van der Waals surface area contributed by atoms with Crippen LogP contribution in [0, 0.1) is 0 Å². The van der Waals surface area contributed by atoms with Crippen molar-refractivity contribution in [2.45, 2.75) is 6.92 Å². The van der Waals surface area contributed by atoms with E-state index in [0.29, 0.717) is 29.1 Å². The molecule has 0 saturated carbocycles. The van der Waals surface area contributed by atoms with Gasteiger partial charge in [0.2, 0.25) is 5.75 Å². The van der Waals surface area contributed by atoms with Gasteiger partial charge in [-0.3, -0.25) is 9.59 Å². The van der Waals surface area contributed by atoms with E-state index in [0.717, 1.165) is 0 Å². The van der Waals surface area contributed by atoms with E-state index < -0.39 is 0 Å². The molecule has 1 aromatic carbocycles. The van der Waals surface area contributed by atoms with E-state index >= 15 is 0 Å². The molecule has 0 aliphatic carbocycles. The van der Waals surface area contributed by atoms with Crippen LogP contribution in [0.1, 0.15) is 17.3 Å². The number of hydrogen-bond donors (Lipinski definition) is 0. The number of carbonyl (C=O) groups is 2. The van der Waals surface area contributed by atoms with E-state index in [1.165, 1.54) is 33.3 Å². The van der Waals surface area contributed by atoms with Crippen LogP contribution in [0.3, 0.4) is 0 Å². The van der Waals surface area contributed by atoms with Crippen LogP contribution in [0.2, 0.25) is 0 Å². The number of aldehydes is 1. The van der Waals surface area contributed by atoms with Gasteiger partial charge in [0.25, 0.3) is 0 Å². The fourth-order valence-electron chi connectivity index (χ4n) is 1.44. The Morgan fingerprint density at radius 3 is 2.16 bits per heavy atom. The summed E-state index contributed by atoms with van der Waals surface area (Å²) in [6, 6.07) is 3.08. The second kappa shape index (κ2) is 7.25. The molecule has 0 heterocycles.